The number of carbonyl (C=O) groups is 2. The van der Waals surface area contributed by atoms with E-state index < -0.39 is 0 Å². The van der Waals surface area contributed by atoms with Gasteiger partial charge in [-0.15, -0.1) is 0 Å². The molecule has 2 N–H and O–H groups in total. The fourth-order valence-electron chi connectivity index (χ4n) is 3.39. The minimum Gasteiger partial charge on any atom is -0.484 e. The van der Waals surface area contributed by atoms with Gasteiger partial charge in [-0.1, -0.05) is 41.9 Å². The van der Waals surface area contributed by atoms with Gasteiger partial charge in [-0.2, -0.15) is 0 Å². The van der Waals surface area contributed by atoms with Crippen LogP contribution in [-0.4, -0.2) is 36.6 Å². The molecule has 1 aliphatic rings. The van der Waals surface area contributed by atoms with Gasteiger partial charge in [-0.25, -0.2) is 0 Å². The van der Waals surface area contributed by atoms with Crippen LogP contribution in [0.3, 0.4) is 0 Å². The maximum Gasteiger partial charge on any atom is 0.258 e. The van der Waals surface area contributed by atoms with Crippen molar-refractivity contribution in [3.63, 3.8) is 0 Å². The van der Waals surface area contributed by atoms with Crippen molar-refractivity contribution in [3.8, 4) is 5.75 Å². The molecule has 1 saturated carbocycles. The Balaban J connectivity index is 1.30. The Kier molecular flexibility index (Phi) is 7.12. The van der Waals surface area contributed by atoms with Gasteiger partial charge in [-0.05, 0) is 49.6 Å². The third-order valence-corrected chi connectivity index (χ3v) is 4.98. The molecule has 3 rings (SSSR count). The Labute approximate surface area is 175 Å². The van der Waals surface area contributed by atoms with Crippen LogP contribution >= 0.6 is 11.6 Å². The van der Waals surface area contributed by atoms with Crippen LogP contribution in [0.5, 0.6) is 5.75 Å². The summed E-state index contributed by atoms with van der Waals surface area (Å²) in [6.07, 6.45) is 1.34. The smallest absolute Gasteiger partial charge is 0.258 e. The van der Waals surface area contributed by atoms with E-state index in [2.05, 4.69) is 10.6 Å². The monoisotopic (exact) mass is 416 g/mol. The second-order valence-electron chi connectivity index (χ2n) is 7.50. The summed E-state index contributed by atoms with van der Waals surface area (Å²) in [7, 11) is 0. The zero-order chi connectivity index (χ0) is 20.7. The van der Waals surface area contributed by atoms with Crippen LogP contribution in [0, 0.1) is 0 Å². The molecule has 1 aliphatic carbocycles. The third-order valence-electron chi connectivity index (χ3n) is 4.73. The molecule has 0 atom stereocenters. The van der Waals surface area contributed by atoms with Gasteiger partial charge in [0.1, 0.15) is 12.4 Å². The molecule has 0 bridgehead atoms. The van der Waals surface area contributed by atoms with E-state index in [-0.39, 0.29) is 36.6 Å². The van der Waals surface area contributed by atoms with Crippen LogP contribution in [0.1, 0.15) is 25.3 Å². The summed E-state index contributed by atoms with van der Waals surface area (Å²) >= 11 is 5.82. The zero-order valence-electron chi connectivity index (χ0n) is 16.3. The summed E-state index contributed by atoms with van der Waals surface area (Å²) in [5.74, 6) is 0.245. The maximum absolute atomic E-state index is 12.1. The standard InChI is InChI=1S/C22H25ClN2O4/c1-22(25-21(27)14-28-13-16-5-3-2-4-6-16)11-18(12-22)24-20(26)15-29-19-9-7-17(23)8-10-19/h2-10,18H,11-15H2,1H3,(H,24,26)(H,25,27). The van der Waals surface area contributed by atoms with E-state index in [0.717, 1.165) is 5.56 Å². The first kappa shape index (κ1) is 21.1. The number of amides is 2. The van der Waals surface area contributed by atoms with Gasteiger partial charge in [0.25, 0.3) is 5.91 Å². The number of hydrogen-bond donors (Lipinski definition) is 2. The lowest BCUT2D eigenvalue weighted by Gasteiger charge is -2.45. The highest BCUT2D eigenvalue weighted by molar-refractivity contribution is 6.30. The molecule has 0 unspecified atom stereocenters. The first-order valence-corrected chi connectivity index (χ1v) is 9.90. The van der Waals surface area contributed by atoms with Crippen LogP contribution in [0.2, 0.25) is 5.02 Å². The Hall–Kier alpha value is -2.57. The lowest BCUT2D eigenvalue weighted by molar-refractivity contribution is -0.129. The summed E-state index contributed by atoms with van der Waals surface area (Å²) in [5, 5.41) is 6.52. The fourth-order valence-corrected chi connectivity index (χ4v) is 3.52. The van der Waals surface area contributed by atoms with Crippen LogP contribution in [0.15, 0.2) is 54.6 Å². The van der Waals surface area contributed by atoms with Gasteiger partial charge >= 0.3 is 0 Å². The number of benzene rings is 2. The quantitative estimate of drug-likeness (QED) is 0.658. The largest absolute Gasteiger partial charge is 0.484 e. The van der Waals surface area contributed by atoms with Crippen molar-refractivity contribution < 1.29 is 19.1 Å². The predicted octanol–water partition coefficient (Wildman–Crippen LogP) is 3.09. The number of hydrogen-bond acceptors (Lipinski definition) is 4. The van der Waals surface area contributed by atoms with Gasteiger partial charge < -0.3 is 20.1 Å². The Morgan fingerprint density at radius 2 is 1.72 bits per heavy atom. The van der Waals surface area contributed by atoms with Gasteiger partial charge in [0.15, 0.2) is 6.61 Å². The molecule has 0 radical (unpaired) electrons. The SMILES string of the molecule is CC1(NC(=O)COCc2ccccc2)CC(NC(=O)COc2ccc(Cl)cc2)C1. The first-order valence-electron chi connectivity index (χ1n) is 9.52. The van der Waals surface area contributed by atoms with Crippen molar-refractivity contribution >= 4 is 23.4 Å². The van der Waals surface area contributed by atoms with E-state index >= 15 is 0 Å². The van der Waals surface area contributed by atoms with E-state index in [1.807, 2.05) is 37.3 Å². The summed E-state index contributed by atoms with van der Waals surface area (Å²) in [6.45, 7) is 2.32. The highest BCUT2D eigenvalue weighted by atomic mass is 35.5. The number of carbonyl (C=O) groups excluding carboxylic acids is 2. The molecule has 2 aromatic rings. The Morgan fingerprint density at radius 3 is 2.41 bits per heavy atom. The molecule has 0 aromatic heterocycles. The third kappa shape index (κ3) is 6.76. The average molecular weight is 417 g/mol. The number of halogens is 1. The van der Waals surface area contributed by atoms with Gasteiger partial charge in [0.05, 0.1) is 6.61 Å². The van der Waals surface area contributed by atoms with E-state index in [1.54, 1.807) is 24.3 Å². The van der Waals surface area contributed by atoms with Crippen molar-refractivity contribution in [2.24, 2.45) is 0 Å². The minimum atomic E-state index is -0.331. The predicted molar refractivity (Wildman–Crippen MR) is 111 cm³/mol. The van der Waals surface area contributed by atoms with Crippen LogP contribution in [-0.2, 0) is 20.9 Å². The summed E-state index contributed by atoms with van der Waals surface area (Å²) in [6, 6.07) is 16.6. The minimum absolute atomic E-state index is 0.0104. The topological polar surface area (TPSA) is 76.7 Å². The molecule has 2 aromatic carbocycles. The fraction of sp³-hybridized carbons (Fsp3) is 0.364. The molecule has 2 amide bonds. The first-order chi connectivity index (χ1) is 13.9. The Morgan fingerprint density at radius 1 is 1.03 bits per heavy atom. The van der Waals surface area contributed by atoms with Gasteiger partial charge in [-0.3, -0.25) is 9.59 Å². The molecule has 0 aliphatic heterocycles. The highest BCUT2D eigenvalue weighted by Gasteiger charge is 2.42. The van der Waals surface area contributed by atoms with Gasteiger partial charge in [0, 0.05) is 16.6 Å². The molecule has 1 fully saturated rings. The molecular formula is C22H25ClN2O4. The highest BCUT2D eigenvalue weighted by Crippen LogP contribution is 2.31. The van der Waals surface area contributed by atoms with Crippen molar-refractivity contribution in [2.75, 3.05) is 13.2 Å². The zero-order valence-corrected chi connectivity index (χ0v) is 17.1. The summed E-state index contributed by atoms with van der Waals surface area (Å²) in [5.41, 5.74) is 0.695. The molecule has 0 spiro atoms. The lowest BCUT2D eigenvalue weighted by atomic mass is 9.74. The lowest BCUT2D eigenvalue weighted by Crippen LogP contribution is -2.62. The Bertz CT molecular complexity index is 820. The molecular weight excluding hydrogens is 392 g/mol. The average Bonchev–Trinajstić information content (AvgIpc) is 2.67. The number of rotatable bonds is 9. The van der Waals surface area contributed by atoms with Gasteiger partial charge in [0.2, 0.25) is 5.91 Å². The normalized spacial score (nSPS) is 20.4. The van der Waals surface area contributed by atoms with Crippen molar-refractivity contribution in [1.82, 2.24) is 10.6 Å². The van der Waals surface area contributed by atoms with Crippen molar-refractivity contribution in [3.05, 3.63) is 65.2 Å². The van der Waals surface area contributed by atoms with E-state index in [9.17, 15) is 9.59 Å². The van der Waals surface area contributed by atoms with Crippen LogP contribution < -0.4 is 15.4 Å². The molecule has 0 saturated heterocycles. The van der Waals surface area contributed by atoms with Crippen LogP contribution in [0.25, 0.3) is 0 Å². The van der Waals surface area contributed by atoms with Crippen molar-refractivity contribution in [2.45, 2.75) is 38.0 Å². The van der Waals surface area contributed by atoms with E-state index in [1.165, 1.54) is 0 Å². The molecule has 29 heavy (non-hydrogen) atoms. The molecule has 6 nitrogen and oxygen atoms in total. The van der Waals surface area contributed by atoms with E-state index in [0.29, 0.717) is 30.2 Å². The summed E-state index contributed by atoms with van der Waals surface area (Å²) < 4.78 is 10.9. The summed E-state index contributed by atoms with van der Waals surface area (Å²) in [4.78, 5) is 24.1. The molecule has 154 valence electrons. The molecule has 7 heteroatoms. The number of nitrogens with one attached hydrogen (secondary N) is 2. The number of ether oxygens (including phenoxy) is 2. The maximum atomic E-state index is 12.1. The van der Waals surface area contributed by atoms with E-state index in [4.69, 9.17) is 21.1 Å². The van der Waals surface area contributed by atoms with Crippen molar-refractivity contribution in [1.29, 1.82) is 0 Å². The second-order valence-corrected chi connectivity index (χ2v) is 7.94. The molecule has 0 heterocycles. The van der Waals surface area contributed by atoms with Crippen LogP contribution in [0.4, 0.5) is 0 Å². The second kappa shape index (κ2) is 9.76.